The Morgan fingerprint density at radius 2 is 1.70 bits per heavy atom. The third kappa shape index (κ3) is 5.22. The zero-order valence-corrected chi connectivity index (χ0v) is 18.7. The van der Waals surface area contributed by atoms with Crippen molar-refractivity contribution in [2.75, 3.05) is 6.54 Å². The molecule has 5 rings (SSSR count). The number of fused-ring (bicyclic) bond motifs is 7. The molecule has 2 aromatic rings. The van der Waals surface area contributed by atoms with Gasteiger partial charge in [0.15, 0.2) is 0 Å². The molecule has 2 bridgehead atoms. The second-order valence-corrected chi connectivity index (χ2v) is 9.69. The van der Waals surface area contributed by atoms with Crippen molar-refractivity contribution < 1.29 is 4.79 Å². The number of hydrogen-bond donors (Lipinski definition) is 1. The van der Waals surface area contributed by atoms with Crippen LogP contribution in [-0.4, -0.2) is 17.4 Å². The molecule has 0 atom stereocenters. The van der Waals surface area contributed by atoms with Crippen LogP contribution >= 0.6 is 0 Å². The Morgan fingerprint density at radius 1 is 1.00 bits per heavy atom. The van der Waals surface area contributed by atoms with Crippen molar-refractivity contribution in [1.29, 1.82) is 0 Å². The van der Waals surface area contributed by atoms with Gasteiger partial charge in [-0.05, 0) is 54.7 Å². The van der Waals surface area contributed by atoms with Crippen molar-refractivity contribution in [3.63, 3.8) is 0 Å². The number of carbonyl (C=O) groups is 1. The summed E-state index contributed by atoms with van der Waals surface area (Å²) in [6.45, 7) is 2.96. The summed E-state index contributed by atoms with van der Waals surface area (Å²) in [5, 5.41) is 4.36. The molecular weight excluding hydrogens is 368 g/mol. The number of pyridine rings is 1. The van der Waals surface area contributed by atoms with Crippen molar-refractivity contribution in [2.24, 2.45) is 11.8 Å². The van der Waals surface area contributed by atoms with Gasteiger partial charge in [0.1, 0.15) is 5.69 Å². The number of carbonyl (C=O) groups excluding carboxylic acids is 1. The van der Waals surface area contributed by atoms with Gasteiger partial charge >= 0.3 is 0 Å². The van der Waals surface area contributed by atoms with E-state index in [0.717, 1.165) is 30.3 Å². The predicted octanol–water partition coefficient (Wildman–Crippen LogP) is 7.01. The Hall–Kier alpha value is -1.90. The Balaban J connectivity index is 1.59. The summed E-state index contributed by atoms with van der Waals surface area (Å²) in [5.74, 6) is 2.24. The van der Waals surface area contributed by atoms with Crippen LogP contribution in [0.25, 0.3) is 10.9 Å². The predicted molar refractivity (Wildman–Crippen MR) is 125 cm³/mol. The number of para-hydroxylation sites is 1. The van der Waals surface area contributed by atoms with Crippen molar-refractivity contribution in [3.8, 4) is 0 Å². The summed E-state index contributed by atoms with van der Waals surface area (Å²) in [7, 11) is 0. The highest BCUT2D eigenvalue weighted by molar-refractivity contribution is 5.96. The molecule has 3 aliphatic rings. The lowest BCUT2D eigenvalue weighted by atomic mass is 9.71. The summed E-state index contributed by atoms with van der Waals surface area (Å²) in [6, 6.07) is 10.6. The van der Waals surface area contributed by atoms with Gasteiger partial charge in [-0.25, -0.2) is 4.98 Å². The molecule has 3 nitrogen and oxygen atoms in total. The molecule has 3 aliphatic carbocycles. The van der Waals surface area contributed by atoms with Gasteiger partial charge in [-0.1, -0.05) is 82.9 Å². The minimum absolute atomic E-state index is 0.00969. The Kier molecular flexibility index (Phi) is 7.41. The maximum atomic E-state index is 12.9. The van der Waals surface area contributed by atoms with E-state index in [1.54, 1.807) is 0 Å². The fourth-order valence-electron chi connectivity index (χ4n) is 5.81. The van der Waals surface area contributed by atoms with Crippen LogP contribution in [0.5, 0.6) is 0 Å². The van der Waals surface area contributed by atoms with Crippen LogP contribution in [-0.2, 0) is 0 Å². The molecule has 3 heteroatoms. The SMILES string of the molecule is CCCCCCNC(=O)c1cc(C2CC3CCCC(CCC3)C2)c2ccccc2n1. The van der Waals surface area contributed by atoms with E-state index < -0.39 is 0 Å². The topological polar surface area (TPSA) is 42.0 Å². The molecule has 1 aromatic heterocycles. The van der Waals surface area contributed by atoms with Crippen LogP contribution in [0.15, 0.2) is 30.3 Å². The maximum absolute atomic E-state index is 12.9. The van der Waals surface area contributed by atoms with E-state index in [1.807, 2.05) is 6.07 Å². The fraction of sp³-hybridized carbons (Fsp3) is 0.630. The van der Waals surface area contributed by atoms with Crippen LogP contribution < -0.4 is 5.32 Å². The monoisotopic (exact) mass is 406 g/mol. The summed E-state index contributed by atoms with van der Waals surface area (Å²) >= 11 is 0. The number of amides is 1. The van der Waals surface area contributed by atoms with Crippen molar-refractivity contribution in [1.82, 2.24) is 10.3 Å². The summed E-state index contributed by atoms with van der Waals surface area (Å²) in [6.07, 6.45) is 15.6. The number of hydrogen-bond acceptors (Lipinski definition) is 2. The number of nitrogens with one attached hydrogen (secondary N) is 1. The van der Waals surface area contributed by atoms with Gasteiger partial charge in [-0.15, -0.1) is 0 Å². The number of benzene rings is 1. The van der Waals surface area contributed by atoms with E-state index in [4.69, 9.17) is 4.98 Å². The van der Waals surface area contributed by atoms with Crippen LogP contribution in [0.3, 0.4) is 0 Å². The van der Waals surface area contributed by atoms with Gasteiger partial charge in [0, 0.05) is 11.9 Å². The van der Waals surface area contributed by atoms with Crippen LogP contribution in [0.2, 0.25) is 0 Å². The first-order valence-corrected chi connectivity index (χ1v) is 12.4. The van der Waals surface area contributed by atoms with Crippen LogP contribution in [0.1, 0.15) is 106 Å². The second kappa shape index (κ2) is 10.4. The van der Waals surface area contributed by atoms with Gasteiger partial charge in [-0.2, -0.15) is 0 Å². The van der Waals surface area contributed by atoms with Gasteiger partial charge < -0.3 is 5.32 Å². The van der Waals surface area contributed by atoms with Crippen molar-refractivity contribution in [3.05, 3.63) is 41.6 Å². The van der Waals surface area contributed by atoms with Crippen molar-refractivity contribution in [2.45, 2.75) is 89.9 Å². The van der Waals surface area contributed by atoms with E-state index in [9.17, 15) is 4.79 Å². The first kappa shape index (κ1) is 21.3. The third-order valence-corrected chi connectivity index (χ3v) is 7.42. The van der Waals surface area contributed by atoms with Crippen LogP contribution in [0.4, 0.5) is 0 Å². The first-order valence-electron chi connectivity index (χ1n) is 12.4. The summed E-state index contributed by atoms with van der Waals surface area (Å²) < 4.78 is 0. The van der Waals surface area contributed by atoms with Gasteiger partial charge in [0.05, 0.1) is 5.52 Å². The maximum Gasteiger partial charge on any atom is 0.269 e. The molecule has 0 radical (unpaired) electrons. The van der Waals surface area contributed by atoms with Gasteiger partial charge in [-0.3, -0.25) is 4.79 Å². The number of nitrogens with zero attached hydrogens (tertiary/aromatic N) is 1. The lowest BCUT2D eigenvalue weighted by Gasteiger charge is -2.35. The molecule has 1 heterocycles. The van der Waals surface area contributed by atoms with Crippen molar-refractivity contribution >= 4 is 16.8 Å². The van der Waals surface area contributed by atoms with Gasteiger partial charge in [0.2, 0.25) is 0 Å². The minimum Gasteiger partial charge on any atom is -0.351 e. The molecule has 1 N–H and O–H groups in total. The number of unbranched alkanes of at least 4 members (excludes halogenated alkanes) is 3. The normalized spacial score (nSPS) is 24.2. The largest absolute Gasteiger partial charge is 0.351 e. The molecule has 30 heavy (non-hydrogen) atoms. The van der Waals surface area contributed by atoms with E-state index in [-0.39, 0.29) is 5.91 Å². The molecule has 1 aromatic carbocycles. The average Bonchev–Trinajstić information content (AvgIpc) is 2.71. The summed E-state index contributed by atoms with van der Waals surface area (Å²) in [4.78, 5) is 17.6. The third-order valence-electron chi connectivity index (χ3n) is 7.42. The molecule has 162 valence electrons. The second-order valence-electron chi connectivity index (χ2n) is 9.69. The van der Waals surface area contributed by atoms with Gasteiger partial charge in [0.25, 0.3) is 5.91 Å². The Labute approximate surface area is 182 Å². The molecule has 0 aliphatic heterocycles. The molecule has 1 amide bonds. The Bertz CT molecular complexity index is 822. The zero-order chi connectivity index (χ0) is 20.8. The lowest BCUT2D eigenvalue weighted by molar-refractivity contribution is 0.0948. The van der Waals surface area contributed by atoms with Crippen LogP contribution in [0, 0.1) is 11.8 Å². The molecule has 0 spiro atoms. The highest BCUT2D eigenvalue weighted by Crippen LogP contribution is 2.44. The summed E-state index contributed by atoms with van der Waals surface area (Å²) in [5.41, 5.74) is 2.94. The average molecular weight is 407 g/mol. The highest BCUT2D eigenvalue weighted by atomic mass is 16.1. The smallest absolute Gasteiger partial charge is 0.269 e. The standard InChI is InChI=1S/C27H38N2O/c1-2-3-4-7-16-28-27(30)26-19-24(23-14-5-6-15-25(23)29-26)22-17-20-10-8-11-21(18-22)13-9-12-20/h5-6,14-15,19-22H,2-4,7-13,16-18H2,1H3,(H,28,30). The fourth-order valence-corrected chi connectivity index (χ4v) is 5.81. The molecular formula is C27H38N2O. The number of rotatable bonds is 7. The zero-order valence-electron chi connectivity index (χ0n) is 18.7. The minimum atomic E-state index is -0.00969. The molecule has 3 saturated carbocycles. The van der Waals surface area contributed by atoms with E-state index in [1.165, 1.54) is 81.6 Å². The van der Waals surface area contributed by atoms with E-state index in [2.05, 4.69) is 36.5 Å². The first-order chi connectivity index (χ1) is 14.7. The number of aromatic nitrogens is 1. The lowest BCUT2D eigenvalue weighted by Crippen LogP contribution is -2.26. The van der Waals surface area contributed by atoms with E-state index in [0.29, 0.717) is 11.6 Å². The quantitative estimate of drug-likeness (QED) is 0.503. The highest BCUT2D eigenvalue weighted by Gasteiger charge is 2.29. The molecule has 3 fully saturated rings. The molecule has 0 saturated heterocycles. The van der Waals surface area contributed by atoms with E-state index >= 15 is 0 Å². The molecule has 0 unspecified atom stereocenters. The Morgan fingerprint density at radius 3 is 2.40 bits per heavy atom.